The highest BCUT2D eigenvalue weighted by Crippen LogP contribution is 2.15. The molecule has 0 saturated heterocycles. The molecule has 6 nitrogen and oxygen atoms in total. The number of benzene rings is 1. The summed E-state index contributed by atoms with van der Waals surface area (Å²) in [6.45, 7) is 0.492. The Hall–Kier alpha value is -2.12. The van der Waals surface area contributed by atoms with Gasteiger partial charge >= 0.3 is 0 Å². The average molecular weight is 278 g/mol. The van der Waals surface area contributed by atoms with Gasteiger partial charge in [0.05, 0.1) is 10.6 Å². The van der Waals surface area contributed by atoms with Crippen LogP contribution in [0.1, 0.15) is 5.56 Å². The van der Waals surface area contributed by atoms with Gasteiger partial charge in [0.15, 0.2) is 0 Å². The molecular weight excluding hydrogens is 264 g/mol. The van der Waals surface area contributed by atoms with Gasteiger partial charge in [0.25, 0.3) is 0 Å². The van der Waals surface area contributed by atoms with Crippen molar-refractivity contribution < 1.29 is 8.42 Å². The monoisotopic (exact) mass is 278 g/mol. The lowest BCUT2D eigenvalue weighted by Gasteiger charge is -2.08. The number of nitrogens with zero attached hydrogens (tertiary/aromatic N) is 1. The van der Waals surface area contributed by atoms with E-state index in [0.29, 0.717) is 18.1 Å². The van der Waals surface area contributed by atoms with Crippen molar-refractivity contribution in [2.75, 3.05) is 11.1 Å². The Morgan fingerprint density at radius 3 is 2.42 bits per heavy atom. The van der Waals surface area contributed by atoms with Gasteiger partial charge in [-0.05, 0) is 29.8 Å². The van der Waals surface area contributed by atoms with Crippen LogP contribution in [0.2, 0.25) is 0 Å². The first kappa shape index (κ1) is 13.3. The van der Waals surface area contributed by atoms with Gasteiger partial charge in [-0.25, -0.2) is 18.5 Å². The predicted molar refractivity (Wildman–Crippen MR) is 73.8 cm³/mol. The smallest absolute Gasteiger partial charge is 0.238 e. The minimum Gasteiger partial charge on any atom is -0.396 e. The molecule has 5 N–H and O–H groups in total. The van der Waals surface area contributed by atoms with Gasteiger partial charge < -0.3 is 11.1 Å². The van der Waals surface area contributed by atoms with Crippen LogP contribution in [0.4, 0.5) is 11.5 Å². The van der Waals surface area contributed by atoms with Gasteiger partial charge in [-0.3, -0.25) is 0 Å². The summed E-state index contributed by atoms with van der Waals surface area (Å²) in [5.74, 6) is 0.595. The van der Waals surface area contributed by atoms with E-state index in [1.165, 1.54) is 12.1 Å². The molecule has 7 heteroatoms. The van der Waals surface area contributed by atoms with E-state index in [1.54, 1.807) is 30.5 Å². The second kappa shape index (κ2) is 5.25. The molecule has 0 aliphatic carbocycles. The summed E-state index contributed by atoms with van der Waals surface area (Å²) in [6.07, 6.45) is 1.64. The summed E-state index contributed by atoms with van der Waals surface area (Å²) < 4.78 is 22.2. The maximum Gasteiger partial charge on any atom is 0.238 e. The van der Waals surface area contributed by atoms with E-state index in [0.717, 1.165) is 5.56 Å². The Balaban J connectivity index is 2.07. The lowest BCUT2D eigenvalue weighted by Crippen LogP contribution is -2.12. The third-order valence-electron chi connectivity index (χ3n) is 2.55. The van der Waals surface area contributed by atoms with Crippen LogP contribution in [-0.2, 0) is 16.6 Å². The van der Waals surface area contributed by atoms with Gasteiger partial charge in [0.1, 0.15) is 5.82 Å². The zero-order chi connectivity index (χ0) is 13.9. The number of sulfonamides is 1. The molecule has 0 bridgehead atoms. The lowest BCUT2D eigenvalue weighted by molar-refractivity contribution is 0.598. The molecule has 2 aromatic rings. The van der Waals surface area contributed by atoms with Gasteiger partial charge in [-0.2, -0.15) is 0 Å². The highest BCUT2D eigenvalue weighted by Gasteiger charge is 2.06. The third-order valence-corrected chi connectivity index (χ3v) is 3.48. The second-order valence-corrected chi connectivity index (χ2v) is 5.55. The van der Waals surface area contributed by atoms with Crippen molar-refractivity contribution in [2.24, 2.45) is 5.14 Å². The lowest BCUT2D eigenvalue weighted by atomic mass is 10.2. The highest BCUT2D eigenvalue weighted by atomic mass is 32.2. The number of nitrogens with two attached hydrogens (primary N) is 2. The van der Waals surface area contributed by atoms with Crippen molar-refractivity contribution >= 4 is 21.5 Å². The number of anilines is 2. The Labute approximate surface area is 111 Å². The Kier molecular flexibility index (Phi) is 3.68. The standard InChI is InChI=1S/C12H14N4O2S/c13-11-2-1-7-15-12(11)16-8-9-3-5-10(6-4-9)19(14,17)18/h1-7H,8,13H2,(H,15,16)(H2,14,17,18). The van der Waals surface area contributed by atoms with Crippen molar-refractivity contribution in [3.05, 3.63) is 48.2 Å². The molecule has 1 aromatic carbocycles. The van der Waals surface area contributed by atoms with Crippen molar-refractivity contribution in [3.63, 3.8) is 0 Å². The number of primary sulfonamides is 1. The molecule has 1 heterocycles. The molecule has 100 valence electrons. The zero-order valence-corrected chi connectivity index (χ0v) is 10.9. The van der Waals surface area contributed by atoms with Gasteiger partial charge in [0, 0.05) is 12.7 Å². The van der Waals surface area contributed by atoms with E-state index in [-0.39, 0.29) is 4.90 Å². The Morgan fingerprint density at radius 2 is 1.84 bits per heavy atom. The maximum atomic E-state index is 11.1. The molecule has 0 unspecified atom stereocenters. The number of hydrogen-bond acceptors (Lipinski definition) is 5. The molecule has 0 radical (unpaired) electrons. The van der Waals surface area contributed by atoms with E-state index >= 15 is 0 Å². The van der Waals surface area contributed by atoms with E-state index in [1.807, 2.05) is 0 Å². The molecule has 0 amide bonds. The van der Waals surface area contributed by atoms with Crippen LogP contribution in [0, 0.1) is 0 Å². The summed E-state index contributed by atoms with van der Waals surface area (Å²) in [7, 11) is -3.65. The van der Waals surface area contributed by atoms with Crippen molar-refractivity contribution in [3.8, 4) is 0 Å². The van der Waals surface area contributed by atoms with Crippen LogP contribution in [0.15, 0.2) is 47.5 Å². The summed E-state index contributed by atoms with van der Waals surface area (Å²) in [4.78, 5) is 4.19. The maximum absolute atomic E-state index is 11.1. The van der Waals surface area contributed by atoms with Gasteiger partial charge in [-0.15, -0.1) is 0 Å². The highest BCUT2D eigenvalue weighted by molar-refractivity contribution is 7.89. The topological polar surface area (TPSA) is 111 Å². The quantitative estimate of drug-likeness (QED) is 0.770. The van der Waals surface area contributed by atoms with Crippen molar-refractivity contribution in [1.29, 1.82) is 0 Å². The van der Waals surface area contributed by atoms with Crippen LogP contribution >= 0.6 is 0 Å². The summed E-state index contributed by atoms with van der Waals surface area (Å²) >= 11 is 0. The first-order valence-corrected chi connectivity index (χ1v) is 7.07. The van der Waals surface area contributed by atoms with E-state index < -0.39 is 10.0 Å². The normalized spacial score (nSPS) is 11.2. The molecule has 0 spiro atoms. The number of rotatable bonds is 4. The van der Waals surface area contributed by atoms with Crippen LogP contribution in [0.5, 0.6) is 0 Å². The van der Waals surface area contributed by atoms with Crippen molar-refractivity contribution in [2.45, 2.75) is 11.4 Å². The molecule has 0 aliphatic heterocycles. The minimum absolute atomic E-state index is 0.0913. The van der Waals surface area contributed by atoms with Crippen molar-refractivity contribution in [1.82, 2.24) is 4.98 Å². The summed E-state index contributed by atoms with van der Waals surface area (Å²) in [5, 5.41) is 8.09. The number of pyridine rings is 1. The van der Waals surface area contributed by atoms with Crippen LogP contribution < -0.4 is 16.2 Å². The Bertz CT molecular complexity index is 668. The number of nitrogens with one attached hydrogen (secondary N) is 1. The van der Waals surface area contributed by atoms with Crippen LogP contribution in [0.25, 0.3) is 0 Å². The first-order valence-electron chi connectivity index (χ1n) is 5.53. The number of aromatic nitrogens is 1. The molecule has 1 aromatic heterocycles. The molecular formula is C12H14N4O2S. The SMILES string of the molecule is Nc1cccnc1NCc1ccc(S(N)(=O)=O)cc1. The first-order chi connectivity index (χ1) is 8.97. The van der Waals surface area contributed by atoms with Gasteiger partial charge in [0.2, 0.25) is 10.0 Å². The van der Waals surface area contributed by atoms with Crippen LogP contribution in [-0.4, -0.2) is 13.4 Å². The van der Waals surface area contributed by atoms with Gasteiger partial charge in [-0.1, -0.05) is 12.1 Å². The molecule has 2 rings (SSSR count). The third kappa shape index (κ3) is 3.43. The van der Waals surface area contributed by atoms with E-state index in [4.69, 9.17) is 10.9 Å². The molecule has 0 saturated carbocycles. The zero-order valence-electron chi connectivity index (χ0n) is 10.1. The molecule has 0 atom stereocenters. The fraction of sp³-hybridized carbons (Fsp3) is 0.0833. The Morgan fingerprint density at radius 1 is 1.16 bits per heavy atom. The molecule has 19 heavy (non-hydrogen) atoms. The molecule has 0 fully saturated rings. The minimum atomic E-state index is -3.65. The average Bonchev–Trinajstić information content (AvgIpc) is 2.37. The number of hydrogen-bond donors (Lipinski definition) is 3. The van der Waals surface area contributed by atoms with Crippen LogP contribution in [0.3, 0.4) is 0 Å². The summed E-state index contributed by atoms with van der Waals surface area (Å²) in [6, 6.07) is 9.81. The fourth-order valence-corrected chi connectivity index (χ4v) is 2.06. The summed E-state index contributed by atoms with van der Waals surface area (Å²) in [5.41, 5.74) is 7.20. The van der Waals surface area contributed by atoms with E-state index in [2.05, 4.69) is 10.3 Å². The number of nitrogen functional groups attached to an aromatic ring is 1. The predicted octanol–water partition coefficient (Wildman–Crippen LogP) is 0.923. The second-order valence-electron chi connectivity index (χ2n) is 3.98. The fourth-order valence-electron chi connectivity index (χ4n) is 1.55. The largest absolute Gasteiger partial charge is 0.396 e. The van der Waals surface area contributed by atoms with E-state index in [9.17, 15) is 8.42 Å². The molecule has 0 aliphatic rings.